The molecule has 0 atom stereocenters. The average Bonchev–Trinajstić information content (AvgIpc) is 2.54. The number of hydrogen-bond donors (Lipinski definition) is 2. The van der Waals surface area contributed by atoms with Gasteiger partial charge in [0.05, 0.1) is 0 Å². The molecule has 2 amide bonds. The van der Waals surface area contributed by atoms with Crippen LogP contribution in [0.3, 0.4) is 0 Å². The molecule has 2 N–H and O–H groups in total. The first kappa shape index (κ1) is 11.4. The fraction of sp³-hybridized carbons (Fsp3) is 0.364. The van der Waals surface area contributed by atoms with Gasteiger partial charge in [0, 0.05) is 44.5 Å². The molecule has 0 aromatic carbocycles. The Kier molecular flexibility index (Phi) is 3.22. The maximum absolute atomic E-state index is 12.0. The van der Waals surface area contributed by atoms with Crippen molar-refractivity contribution >= 4 is 11.8 Å². The standard InChI is InChI=1S/C11H13N3O3/c15-9-1-3-12-7-8(9)11(17)14-5-2-10(16)13-4-6-14/h1,3,7H,2,4-6H2,(H,12,15)(H,13,16). The smallest absolute Gasteiger partial charge is 0.259 e. The number of carbonyl (C=O) groups excluding carboxylic acids is 2. The highest BCUT2D eigenvalue weighted by molar-refractivity contribution is 5.94. The van der Waals surface area contributed by atoms with Gasteiger partial charge in [-0.25, -0.2) is 0 Å². The zero-order chi connectivity index (χ0) is 12.3. The van der Waals surface area contributed by atoms with Crippen molar-refractivity contribution in [2.75, 3.05) is 19.6 Å². The SMILES string of the molecule is O=C1CCN(C(=O)c2c[nH]ccc2=O)CCN1. The maximum Gasteiger partial charge on any atom is 0.259 e. The Hall–Kier alpha value is -2.11. The minimum absolute atomic E-state index is 0.0673. The molecule has 1 fully saturated rings. The van der Waals surface area contributed by atoms with Crippen LogP contribution in [-0.2, 0) is 4.79 Å². The van der Waals surface area contributed by atoms with Gasteiger partial charge in [-0.2, -0.15) is 0 Å². The van der Waals surface area contributed by atoms with Crippen LogP contribution >= 0.6 is 0 Å². The van der Waals surface area contributed by atoms with Crippen molar-refractivity contribution in [1.29, 1.82) is 0 Å². The number of hydrogen-bond acceptors (Lipinski definition) is 3. The largest absolute Gasteiger partial charge is 0.367 e. The van der Waals surface area contributed by atoms with E-state index in [-0.39, 0.29) is 29.2 Å². The van der Waals surface area contributed by atoms with Crippen LogP contribution in [-0.4, -0.2) is 41.3 Å². The molecule has 2 rings (SSSR count). The van der Waals surface area contributed by atoms with Crippen LogP contribution in [0.25, 0.3) is 0 Å². The molecule has 6 heteroatoms. The third kappa shape index (κ3) is 2.52. The fourth-order valence-corrected chi connectivity index (χ4v) is 1.72. The van der Waals surface area contributed by atoms with Crippen LogP contribution < -0.4 is 10.7 Å². The van der Waals surface area contributed by atoms with Gasteiger partial charge in [-0.1, -0.05) is 0 Å². The van der Waals surface area contributed by atoms with Gasteiger partial charge in [0.2, 0.25) is 5.91 Å². The van der Waals surface area contributed by atoms with Crippen molar-refractivity contribution in [3.05, 3.63) is 34.2 Å². The molecule has 1 aromatic heterocycles. The van der Waals surface area contributed by atoms with Gasteiger partial charge in [0.25, 0.3) is 5.91 Å². The van der Waals surface area contributed by atoms with E-state index in [1.807, 2.05) is 0 Å². The first-order valence-electron chi connectivity index (χ1n) is 5.41. The first-order chi connectivity index (χ1) is 8.18. The molecule has 17 heavy (non-hydrogen) atoms. The van der Waals surface area contributed by atoms with E-state index in [4.69, 9.17) is 0 Å². The molecule has 0 saturated carbocycles. The summed E-state index contributed by atoms with van der Waals surface area (Å²) < 4.78 is 0. The van der Waals surface area contributed by atoms with Crippen LogP contribution in [0.1, 0.15) is 16.8 Å². The van der Waals surface area contributed by atoms with Gasteiger partial charge < -0.3 is 15.2 Å². The number of nitrogens with one attached hydrogen (secondary N) is 2. The lowest BCUT2D eigenvalue weighted by Crippen LogP contribution is -2.36. The van der Waals surface area contributed by atoms with Gasteiger partial charge >= 0.3 is 0 Å². The highest BCUT2D eigenvalue weighted by Crippen LogP contribution is 2.02. The van der Waals surface area contributed by atoms with Crippen LogP contribution in [0.15, 0.2) is 23.3 Å². The summed E-state index contributed by atoms with van der Waals surface area (Å²) in [5, 5.41) is 2.68. The number of aromatic nitrogens is 1. The van der Waals surface area contributed by atoms with E-state index < -0.39 is 0 Å². The quantitative estimate of drug-likeness (QED) is 0.677. The Balaban J connectivity index is 2.17. The van der Waals surface area contributed by atoms with E-state index in [2.05, 4.69) is 10.3 Å². The van der Waals surface area contributed by atoms with Crippen LogP contribution in [0.5, 0.6) is 0 Å². The zero-order valence-corrected chi connectivity index (χ0v) is 9.23. The molecule has 1 aromatic rings. The summed E-state index contributed by atoms with van der Waals surface area (Å²) in [5.41, 5.74) is -0.195. The summed E-state index contributed by atoms with van der Waals surface area (Å²) in [6, 6.07) is 1.31. The molecular formula is C11H13N3O3. The second-order valence-corrected chi connectivity index (χ2v) is 3.81. The molecule has 2 heterocycles. The zero-order valence-electron chi connectivity index (χ0n) is 9.23. The van der Waals surface area contributed by atoms with Crippen molar-refractivity contribution in [3.63, 3.8) is 0 Å². The molecule has 6 nitrogen and oxygen atoms in total. The topological polar surface area (TPSA) is 82.3 Å². The first-order valence-corrected chi connectivity index (χ1v) is 5.41. The highest BCUT2D eigenvalue weighted by atomic mass is 16.2. The predicted octanol–water partition coefficient (Wildman–Crippen LogP) is -0.663. The maximum atomic E-state index is 12.0. The molecule has 0 aliphatic carbocycles. The summed E-state index contributed by atoms with van der Waals surface area (Å²) in [6.07, 6.45) is 3.15. The van der Waals surface area contributed by atoms with Gasteiger partial charge in [-0.3, -0.25) is 14.4 Å². The molecule has 1 aliphatic rings. The van der Waals surface area contributed by atoms with Crippen molar-refractivity contribution in [2.45, 2.75) is 6.42 Å². The summed E-state index contributed by atoms with van der Waals surface area (Å²) in [5.74, 6) is -0.398. The Morgan fingerprint density at radius 1 is 1.29 bits per heavy atom. The van der Waals surface area contributed by atoms with E-state index in [9.17, 15) is 14.4 Å². The number of aromatic amines is 1. The van der Waals surface area contributed by atoms with Gasteiger partial charge in [0.15, 0.2) is 5.43 Å². The number of nitrogens with zero attached hydrogens (tertiary/aromatic N) is 1. The number of rotatable bonds is 1. The van der Waals surface area contributed by atoms with Gasteiger partial charge in [-0.15, -0.1) is 0 Å². The minimum Gasteiger partial charge on any atom is -0.367 e. The van der Waals surface area contributed by atoms with Crippen LogP contribution in [0.2, 0.25) is 0 Å². The summed E-state index contributed by atoms with van der Waals surface area (Å²) in [4.78, 5) is 38.9. The molecule has 90 valence electrons. The van der Waals surface area contributed by atoms with Gasteiger partial charge in [-0.05, 0) is 0 Å². The van der Waals surface area contributed by atoms with Crippen molar-refractivity contribution in [1.82, 2.24) is 15.2 Å². The Morgan fingerprint density at radius 2 is 2.12 bits per heavy atom. The fourth-order valence-electron chi connectivity index (χ4n) is 1.72. The predicted molar refractivity (Wildman–Crippen MR) is 60.6 cm³/mol. The second-order valence-electron chi connectivity index (χ2n) is 3.81. The normalized spacial score (nSPS) is 16.2. The summed E-state index contributed by atoms with van der Waals surface area (Å²) in [6.45, 7) is 1.20. The lowest BCUT2D eigenvalue weighted by Gasteiger charge is -2.18. The monoisotopic (exact) mass is 235 g/mol. The van der Waals surface area contributed by atoms with Crippen molar-refractivity contribution in [2.24, 2.45) is 0 Å². The second kappa shape index (κ2) is 4.82. The van der Waals surface area contributed by atoms with E-state index in [1.54, 1.807) is 0 Å². The van der Waals surface area contributed by atoms with Crippen LogP contribution in [0, 0.1) is 0 Å². The molecule has 0 bridgehead atoms. The third-order valence-corrected chi connectivity index (χ3v) is 2.65. The lowest BCUT2D eigenvalue weighted by atomic mass is 10.2. The van der Waals surface area contributed by atoms with Gasteiger partial charge in [0.1, 0.15) is 5.56 Å². The number of pyridine rings is 1. The lowest BCUT2D eigenvalue weighted by molar-refractivity contribution is -0.120. The Bertz CT molecular complexity index is 495. The third-order valence-electron chi connectivity index (χ3n) is 2.65. The molecule has 1 saturated heterocycles. The molecule has 0 unspecified atom stereocenters. The minimum atomic E-state index is -0.330. The molecule has 0 spiro atoms. The molecule has 1 aliphatic heterocycles. The van der Waals surface area contributed by atoms with Crippen molar-refractivity contribution in [3.8, 4) is 0 Å². The highest BCUT2D eigenvalue weighted by Gasteiger charge is 2.21. The Morgan fingerprint density at radius 3 is 2.88 bits per heavy atom. The number of carbonyl (C=O) groups is 2. The number of amides is 2. The van der Waals surface area contributed by atoms with Crippen molar-refractivity contribution < 1.29 is 9.59 Å². The van der Waals surface area contributed by atoms with E-state index in [1.165, 1.54) is 23.4 Å². The van der Waals surface area contributed by atoms with E-state index in [0.717, 1.165) is 0 Å². The summed E-state index contributed by atoms with van der Waals surface area (Å²) >= 11 is 0. The summed E-state index contributed by atoms with van der Waals surface area (Å²) in [7, 11) is 0. The number of H-pyrrole nitrogens is 1. The van der Waals surface area contributed by atoms with Crippen LogP contribution in [0.4, 0.5) is 0 Å². The Labute approximate surface area is 97.6 Å². The van der Waals surface area contributed by atoms with E-state index in [0.29, 0.717) is 19.6 Å². The molecule has 0 radical (unpaired) electrons. The average molecular weight is 235 g/mol. The van der Waals surface area contributed by atoms with E-state index >= 15 is 0 Å². The molecular weight excluding hydrogens is 222 g/mol.